The van der Waals surface area contributed by atoms with E-state index < -0.39 is 11.6 Å². The Kier molecular flexibility index (Phi) is 3.39. The first kappa shape index (κ1) is 13.3. The van der Waals surface area contributed by atoms with Crippen molar-refractivity contribution in [2.45, 2.75) is 6.54 Å². The van der Waals surface area contributed by atoms with E-state index in [-0.39, 0.29) is 0 Å². The van der Waals surface area contributed by atoms with Gasteiger partial charge in [0.15, 0.2) is 11.6 Å². The fraction of sp³-hybridized carbons (Fsp3) is 0.0625. The Morgan fingerprint density at radius 1 is 1.05 bits per heavy atom. The Balaban J connectivity index is 1.97. The molecule has 0 radical (unpaired) electrons. The molecular formula is C16H13F2N3. The van der Waals surface area contributed by atoms with Gasteiger partial charge in [-0.2, -0.15) is 0 Å². The fourth-order valence-electron chi connectivity index (χ4n) is 2.19. The molecule has 0 aliphatic rings. The number of halogens is 2. The average Bonchev–Trinajstić information content (AvgIpc) is 2.93. The minimum atomic E-state index is -0.888. The summed E-state index contributed by atoms with van der Waals surface area (Å²) in [7, 11) is 0. The minimum Gasteiger partial charge on any atom is -0.398 e. The van der Waals surface area contributed by atoms with Gasteiger partial charge in [-0.25, -0.2) is 13.8 Å². The molecule has 21 heavy (non-hydrogen) atoms. The molecule has 3 nitrogen and oxygen atoms in total. The molecule has 0 aliphatic carbocycles. The van der Waals surface area contributed by atoms with Crippen LogP contribution < -0.4 is 5.73 Å². The van der Waals surface area contributed by atoms with Gasteiger partial charge in [0.1, 0.15) is 5.82 Å². The molecule has 0 fully saturated rings. The maximum absolute atomic E-state index is 13.4. The van der Waals surface area contributed by atoms with E-state index in [1.54, 1.807) is 12.4 Å². The lowest BCUT2D eigenvalue weighted by atomic mass is 10.1. The Morgan fingerprint density at radius 2 is 1.86 bits per heavy atom. The third-order valence-electron chi connectivity index (χ3n) is 3.29. The van der Waals surface area contributed by atoms with Crippen LogP contribution in [0.4, 0.5) is 14.5 Å². The summed E-state index contributed by atoms with van der Waals surface area (Å²) in [5.41, 5.74) is 8.07. The average molecular weight is 285 g/mol. The van der Waals surface area contributed by atoms with E-state index in [4.69, 9.17) is 5.73 Å². The molecule has 0 spiro atoms. The lowest BCUT2D eigenvalue weighted by Gasteiger charge is -2.10. The molecular weight excluding hydrogens is 272 g/mol. The zero-order valence-electron chi connectivity index (χ0n) is 11.1. The molecule has 2 aromatic carbocycles. The van der Waals surface area contributed by atoms with E-state index in [0.29, 0.717) is 23.6 Å². The second-order valence-corrected chi connectivity index (χ2v) is 4.71. The Hall–Kier alpha value is -2.69. The standard InChI is InChI=1S/C16H13F2N3/c17-13-6-5-11(9-14(13)18)16-20-7-8-21(16)10-12-3-1-2-4-15(12)19/h1-9H,10,19H2. The maximum Gasteiger partial charge on any atom is 0.159 e. The Labute approximate surface area is 120 Å². The minimum absolute atomic E-state index is 0.515. The molecule has 106 valence electrons. The fourth-order valence-corrected chi connectivity index (χ4v) is 2.19. The van der Waals surface area contributed by atoms with Crippen molar-refractivity contribution in [3.05, 3.63) is 72.1 Å². The Bertz CT molecular complexity index is 781. The number of imidazole rings is 1. The predicted octanol–water partition coefficient (Wildman–Crippen LogP) is 3.46. The molecule has 2 N–H and O–H groups in total. The van der Waals surface area contributed by atoms with Crippen molar-refractivity contribution < 1.29 is 8.78 Å². The van der Waals surface area contributed by atoms with Crippen LogP contribution in [0.5, 0.6) is 0 Å². The first-order chi connectivity index (χ1) is 10.1. The van der Waals surface area contributed by atoms with Gasteiger partial charge in [-0.05, 0) is 29.8 Å². The second kappa shape index (κ2) is 5.36. The van der Waals surface area contributed by atoms with Gasteiger partial charge in [-0.15, -0.1) is 0 Å². The van der Waals surface area contributed by atoms with Crippen LogP contribution in [0.25, 0.3) is 11.4 Å². The van der Waals surface area contributed by atoms with Crippen molar-refractivity contribution in [3.63, 3.8) is 0 Å². The summed E-state index contributed by atoms with van der Waals surface area (Å²) in [6.07, 6.45) is 3.40. The largest absolute Gasteiger partial charge is 0.398 e. The quantitative estimate of drug-likeness (QED) is 0.749. The zero-order valence-corrected chi connectivity index (χ0v) is 11.1. The summed E-state index contributed by atoms with van der Waals surface area (Å²) in [5.74, 6) is -1.19. The van der Waals surface area contributed by atoms with Crippen LogP contribution in [0.1, 0.15) is 5.56 Å². The smallest absolute Gasteiger partial charge is 0.159 e. The molecule has 3 rings (SSSR count). The molecule has 0 amide bonds. The van der Waals surface area contributed by atoms with Crippen LogP contribution in [0, 0.1) is 11.6 Å². The summed E-state index contributed by atoms with van der Waals surface area (Å²) in [4.78, 5) is 4.22. The summed E-state index contributed by atoms with van der Waals surface area (Å²) < 4.78 is 28.2. The highest BCUT2D eigenvalue weighted by molar-refractivity contribution is 5.56. The molecule has 0 atom stereocenters. The van der Waals surface area contributed by atoms with Crippen LogP contribution in [-0.2, 0) is 6.54 Å². The van der Waals surface area contributed by atoms with Gasteiger partial charge < -0.3 is 10.3 Å². The molecule has 3 aromatic rings. The first-order valence-electron chi connectivity index (χ1n) is 6.45. The number of nitrogen functional groups attached to an aromatic ring is 1. The van der Waals surface area contributed by atoms with E-state index in [0.717, 1.165) is 17.7 Å². The molecule has 0 aliphatic heterocycles. The highest BCUT2D eigenvalue weighted by Crippen LogP contribution is 2.22. The maximum atomic E-state index is 13.4. The first-order valence-corrected chi connectivity index (χ1v) is 6.45. The Morgan fingerprint density at radius 3 is 2.62 bits per heavy atom. The number of para-hydroxylation sites is 1. The van der Waals surface area contributed by atoms with Crippen LogP contribution >= 0.6 is 0 Å². The van der Waals surface area contributed by atoms with E-state index in [1.165, 1.54) is 6.07 Å². The highest BCUT2D eigenvalue weighted by Gasteiger charge is 2.10. The van der Waals surface area contributed by atoms with Crippen LogP contribution in [-0.4, -0.2) is 9.55 Å². The van der Waals surface area contributed by atoms with E-state index >= 15 is 0 Å². The molecule has 1 heterocycles. The molecule has 0 saturated heterocycles. The van der Waals surface area contributed by atoms with Gasteiger partial charge in [-0.1, -0.05) is 18.2 Å². The lowest BCUT2D eigenvalue weighted by Crippen LogP contribution is -2.04. The second-order valence-electron chi connectivity index (χ2n) is 4.71. The van der Waals surface area contributed by atoms with Crippen LogP contribution in [0.15, 0.2) is 54.9 Å². The van der Waals surface area contributed by atoms with Gasteiger partial charge in [0.2, 0.25) is 0 Å². The van der Waals surface area contributed by atoms with Crippen molar-refractivity contribution >= 4 is 5.69 Å². The van der Waals surface area contributed by atoms with Crippen molar-refractivity contribution in [1.29, 1.82) is 0 Å². The van der Waals surface area contributed by atoms with E-state index in [1.807, 2.05) is 28.8 Å². The number of benzene rings is 2. The lowest BCUT2D eigenvalue weighted by molar-refractivity contribution is 0.509. The number of nitrogens with two attached hydrogens (primary N) is 1. The van der Waals surface area contributed by atoms with Crippen molar-refractivity contribution in [3.8, 4) is 11.4 Å². The van der Waals surface area contributed by atoms with Crippen molar-refractivity contribution in [1.82, 2.24) is 9.55 Å². The van der Waals surface area contributed by atoms with Crippen molar-refractivity contribution in [2.75, 3.05) is 5.73 Å². The summed E-state index contributed by atoms with van der Waals surface area (Å²) >= 11 is 0. The van der Waals surface area contributed by atoms with Gasteiger partial charge in [0.25, 0.3) is 0 Å². The third kappa shape index (κ3) is 2.63. The third-order valence-corrected chi connectivity index (χ3v) is 3.29. The number of rotatable bonds is 3. The van der Waals surface area contributed by atoms with Gasteiger partial charge in [-0.3, -0.25) is 0 Å². The monoisotopic (exact) mass is 285 g/mol. The zero-order chi connectivity index (χ0) is 14.8. The number of nitrogens with zero attached hydrogens (tertiary/aromatic N) is 2. The molecule has 1 aromatic heterocycles. The normalized spacial score (nSPS) is 10.8. The molecule has 0 saturated carbocycles. The molecule has 0 unspecified atom stereocenters. The van der Waals surface area contributed by atoms with E-state index in [2.05, 4.69) is 4.98 Å². The van der Waals surface area contributed by atoms with Crippen LogP contribution in [0.2, 0.25) is 0 Å². The van der Waals surface area contributed by atoms with Crippen LogP contribution in [0.3, 0.4) is 0 Å². The van der Waals surface area contributed by atoms with Gasteiger partial charge in [0.05, 0.1) is 6.54 Å². The molecule has 0 bridgehead atoms. The number of anilines is 1. The summed E-state index contributed by atoms with van der Waals surface area (Å²) in [6.45, 7) is 0.515. The predicted molar refractivity (Wildman–Crippen MR) is 77.5 cm³/mol. The summed E-state index contributed by atoms with van der Waals surface area (Å²) in [6, 6.07) is 11.3. The number of hydrogen-bond donors (Lipinski definition) is 1. The SMILES string of the molecule is Nc1ccccc1Cn1ccnc1-c1ccc(F)c(F)c1. The van der Waals surface area contributed by atoms with E-state index in [9.17, 15) is 8.78 Å². The topological polar surface area (TPSA) is 43.8 Å². The highest BCUT2D eigenvalue weighted by atomic mass is 19.2. The van der Waals surface area contributed by atoms with Gasteiger partial charge >= 0.3 is 0 Å². The number of aromatic nitrogens is 2. The number of hydrogen-bond acceptors (Lipinski definition) is 2. The molecule has 5 heteroatoms. The van der Waals surface area contributed by atoms with Crippen molar-refractivity contribution in [2.24, 2.45) is 0 Å². The summed E-state index contributed by atoms with van der Waals surface area (Å²) in [5, 5.41) is 0. The van der Waals surface area contributed by atoms with Gasteiger partial charge in [0, 0.05) is 23.6 Å².